The summed E-state index contributed by atoms with van der Waals surface area (Å²) in [7, 11) is 0. The molecule has 0 saturated carbocycles. The molecule has 0 aliphatic carbocycles. The standard InChI is InChI=1S/C6H6.2K.Pb.4H/c1-2-4-6-5-3-1;;;;;;;/h1-6H;;;;;;;. The first-order chi connectivity index (χ1) is 3.00. The molecule has 1 aromatic carbocycles. The first-order valence-electron chi connectivity index (χ1n) is 2.00. The molecular formula is C6H10K2Pb. The van der Waals surface area contributed by atoms with Gasteiger partial charge >= 0.3 is 130 Å². The Hall–Kier alpha value is 3.41. The molecule has 2 radical (unpaired) electrons. The van der Waals surface area contributed by atoms with Crippen LogP contribution in [0.4, 0.5) is 0 Å². The van der Waals surface area contributed by atoms with E-state index in [1.54, 1.807) is 0 Å². The summed E-state index contributed by atoms with van der Waals surface area (Å²) in [6, 6.07) is 12.0. The minimum absolute atomic E-state index is 0. The van der Waals surface area contributed by atoms with Crippen molar-refractivity contribution in [1.82, 2.24) is 0 Å². The molecule has 0 aliphatic heterocycles. The second kappa shape index (κ2) is 14.0. The summed E-state index contributed by atoms with van der Waals surface area (Å²) in [5, 5.41) is 0. The van der Waals surface area contributed by atoms with Crippen LogP contribution in [0.15, 0.2) is 36.4 Å². The Morgan fingerprint density at radius 3 is 0.667 bits per heavy atom. The third-order valence-electron chi connectivity index (χ3n) is 0.667. The van der Waals surface area contributed by atoms with E-state index in [1.165, 1.54) is 0 Å². The van der Waals surface area contributed by atoms with Crippen molar-refractivity contribution >= 4 is 130 Å². The fourth-order valence-electron chi connectivity index (χ4n) is 0.385. The Morgan fingerprint density at radius 1 is 0.444 bits per heavy atom. The SMILES string of the molecule is [KH].[KH].[PbH2].c1ccccc1. The van der Waals surface area contributed by atoms with Gasteiger partial charge in [0.15, 0.2) is 0 Å². The molecule has 3 heteroatoms. The van der Waals surface area contributed by atoms with Gasteiger partial charge in [0.1, 0.15) is 0 Å². The van der Waals surface area contributed by atoms with Crippen molar-refractivity contribution in [3.8, 4) is 0 Å². The molecule has 0 heterocycles. The predicted octanol–water partition coefficient (Wildman–Crippen LogP) is -0.527. The average molecular weight is 368 g/mol. The van der Waals surface area contributed by atoms with E-state index in [0.29, 0.717) is 0 Å². The van der Waals surface area contributed by atoms with Crippen LogP contribution in [0.3, 0.4) is 0 Å². The molecule has 0 fully saturated rings. The number of benzene rings is 1. The van der Waals surface area contributed by atoms with Crippen molar-refractivity contribution in [2.24, 2.45) is 0 Å². The fourth-order valence-corrected chi connectivity index (χ4v) is 0.385. The summed E-state index contributed by atoms with van der Waals surface area (Å²) in [4.78, 5) is 0. The van der Waals surface area contributed by atoms with Gasteiger partial charge in [0, 0.05) is 0 Å². The fraction of sp³-hybridized carbons (Fsp3) is 0. The Balaban J connectivity index is -0.000000120. The molecule has 0 aromatic heterocycles. The van der Waals surface area contributed by atoms with E-state index in [2.05, 4.69) is 0 Å². The number of hydrogen-bond donors (Lipinski definition) is 0. The molecule has 0 saturated heterocycles. The summed E-state index contributed by atoms with van der Waals surface area (Å²) in [5.41, 5.74) is 0. The van der Waals surface area contributed by atoms with E-state index >= 15 is 0 Å². The van der Waals surface area contributed by atoms with Crippen LogP contribution in [0, 0.1) is 0 Å². The molecule has 1 aromatic rings. The van der Waals surface area contributed by atoms with Gasteiger partial charge in [-0.15, -0.1) is 0 Å². The van der Waals surface area contributed by atoms with Crippen molar-refractivity contribution in [3.63, 3.8) is 0 Å². The molecule has 40 valence electrons. The zero-order valence-electron chi connectivity index (χ0n) is 4.17. The van der Waals surface area contributed by atoms with Crippen molar-refractivity contribution in [1.29, 1.82) is 0 Å². The average Bonchev–Trinajstić information content (AvgIpc) is 1.72. The van der Waals surface area contributed by atoms with Gasteiger partial charge in [-0.3, -0.25) is 0 Å². The molecule has 0 atom stereocenters. The Labute approximate surface area is 162 Å². The summed E-state index contributed by atoms with van der Waals surface area (Å²) < 4.78 is 0. The molecule has 0 spiro atoms. The minimum Gasteiger partial charge on any atom is -0.0623 e. The molecule has 0 aliphatic rings. The van der Waals surface area contributed by atoms with E-state index in [-0.39, 0.29) is 130 Å². The third-order valence-corrected chi connectivity index (χ3v) is 0.667. The first kappa shape index (κ1) is 18.2. The smallest absolute Gasteiger partial charge is 0.0623 e. The van der Waals surface area contributed by atoms with Crippen molar-refractivity contribution in [3.05, 3.63) is 36.4 Å². The van der Waals surface area contributed by atoms with Gasteiger partial charge in [-0.1, -0.05) is 36.4 Å². The van der Waals surface area contributed by atoms with Crippen LogP contribution >= 0.6 is 0 Å². The van der Waals surface area contributed by atoms with Gasteiger partial charge < -0.3 is 0 Å². The zero-order chi connectivity index (χ0) is 4.24. The van der Waals surface area contributed by atoms with Gasteiger partial charge in [0.05, 0.1) is 0 Å². The van der Waals surface area contributed by atoms with Crippen LogP contribution < -0.4 is 0 Å². The minimum atomic E-state index is 0. The first-order valence-corrected chi connectivity index (χ1v) is 2.00. The van der Waals surface area contributed by atoms with Crippen LogP contribution in [0.25, 0.3) is 0 Å². The van der Waals surface area contributed by atoms with Crippen LogP contribution in [0.1, 0.15) is 0 Å². The summed E-state index contributed by atoms with van der Waals surface area (Å²) >= 11 is 0. The summed E-state index contributed by atoms with van der Waals surface area (Å²) in [5.74, 6) is 0. The third kappa shape index (κ3) is 11.4. The van der Waals surface area contributed by atoms with Crippen molar-refractivity contribution in [2.45, 2.75) is 0 Å². The Bertz CT molecular complexity index is 83.0. The van der Waals surface area contributed by atoms with Crippen molar-refractivity contribution < 1.29 is 0 Å². The largest absolute Gasteiger partial charge is 0.0623 e. The quantitative estimate of drug-likeness (QED) is 0.541. The van der Waals surface area contributed by atoms with Crippen LogP contribution in [-0.4, -0.2) is 130 Å². The molecule has 1 rings (SSSR count). The van der Waals surface area contributed by atoms with E-state index in [1.807, 2.05) is 36.4 Å². The van der Waals surface area contributed by atoms with Crippen LogP contribution in [-0.2, 0) is 0 Å². The second-order valence-corrected chi connectivity index (χ2v) is 1.15. The molecule has 0 unspecified atom stereocenters. The monoisotopic (exact) mass is 368 g/mol. The Morgan fingerprint density at radius 2 is 0.556 bits per heavy atom. The molecular weight excluding hydrogens is 357 g/mol. The van der Waals surface area contributed by atoms with Gasteiger partial charge in [0.25, 0.3) is 0 Å². The molecule has 0 bridgehead atoms. The molecule has 9 heavy (non-hydrogen) atoms. The second-order valence-electron chi connectivity index (χ2n) is 1.15. The molecule has 0 N–H and O–H groups in total. The maximum absolute atomic E-state index is 2.00. The van der Waals surface area contributed by atoms with E-state index in [4.69, 9.17) is 0 Å². The van der Waals surface area contributed by atoms with Gasteiger partial charge in [-0.05, 0) is 0 Å². The van der Waals surface area contributed by atoms with Crippen molar-refractivity contribution in [2.75, 3.05) is 0 Å². The number of rotatable bonds is 0. The van der Waals surface area contributed by atoms with E-state index < -0.39 is 0 Å². The van der Waals surface area contributed by atoms with Crippen LogP contribution in [0.5, 0.6) is 0 Å². The van der Waals surface area contributed by atoms with E-state index in [9.17, 15) is 0 Å². The predicted molar refractivity (Wildman–Crippen MR) is 49.3 cm³/mol. The molecule has 0 nitrogen and oxygen atoms in total. The maximum atomic E-state index is 2.00. The van der Waals surface area contributed by atoms with Gasteiger partial charge in [-0.25, -0.2) is 0 Å². The molecule has 0 amide bonds. The normalized spacial score (nSPS) is 5.33. The van der Waals surface area contributed by atoms with Gasteiger partial charge in [0.2, 0.25) is 0 Å². The summed E-state index contributed by atoms with van der Waals surface area (Å²) in [6.45, 7) is 0. The topological polar surface area (TPSA) is 0 Å². The summed E-state index contributed by atoms with van der Waals surface area (Å²) in [6.07, 6.45) is 0. The van der Waals surface area contributed by atoms with Crippen LogP contribution in [0.2, 0.25) is 0 Å². The number of hydrogen-bond acceptors (Lipinski definition) is 0. The Kier molecular flexibility index (Phi) is 28.3. The van der Waals surface area contributed by atoms with E-state index in [0.717, 1.165) is 0 Å². The van der Waals surface area contributed by atoms with Gasteiger partial charge in [-0.2, -0.15) is 0 Å². The zero-order valence-corrected chi connectivity index (χ0v) is 9.67. The maximum Gasteiger partial charge on any atom is -0.0623 e.